The fourth-order valence-corrected chi connectivity index (χ4v) is 8.19. The second kappa shape index (κ2) is 66.7. The van der Waals surface area contributed by atoms with Gasteiger partial charge in [-0.2, -0.15) is 0 Å². The minimum atomic E-state index is -1.96. The third-order valence-corrected chi connectivity index (χ3v) is 13.3. The summed E-state index contributed by atoms with van der Waals surface area (Å²) in [6.45, 7) is 11.6. The van der Waals surface area contributed by atoms with Gasteiger partial charge in [0.1, 0.15) is 25.2 Å². The number of carbonyl (C=O) groups is 10. The average Bonchev–Trinajstić information content (AvgIpc) is 1.85. The van der Waals surface area contributed by atoms with Gasteiger partial charge >= 0.3 is 0 Å². The van der Waals surface area contributed by atoms with E-state index in [1.165, 1.54) is 0 Å². The van der Waals surface area contributed by atoms with Crippen LogP contribution in [0.2, 0.25) is 0 Å². The van der Waals surface area contributed by atoms with E-state index in [1.54, 1.807) is 0 Å². The van der Waals surface area contributed by atoms with Crippen molar-refractivity contribution < 1.29 is 143 Å². The van der Waals surface area contributed by atoms with Crippen LogP contribution in [-0.2, 0) is 133 Å². The first-order valence-corrected chi connectivity index (χ1v) is 34.2. The number of hydrogen-bond acceptors (Lipinski definition) is 30. The smallest absolute Gasteiger partial charge is 0.254 e. The summed E-state index contributed by atoms with van der Waals surface area (Å²) in [5.74, 6) is -8.37. The van der Waals surface area contributed by atoms with E-state index < -0.39 is 84.2 Å². The van der Waals surface area contributed by atoms with E-state index in [0.717, 1.165) is 24.3 Å². The second-order valence-corrected chi connectivity index (χ2v) is 21.2. The molecule has 2 atom stereocenters. The molecule has 10 amide bonds. The van der Waals surface area contributed by atoms with Crippen LogP contribution in [0.5, 0.6) is 0 Å². The van der Waals surface area contributed by atoms with E-state index in [0.29, 0.717) is 208 Å². The van der Waals surface area contributed by atoms with E-state index in [4.69, 9.17) is 95.5 Å². The molecule has 0 bridgehead atoms. The number of nitrogens with zero attached hydrogens (tertiary/aromatic N) is 2. The summed E-state index contributed by atoms with van der Waals surface area (Å²) in [4.78, 5) is 130. The molecule has 0 aromatic heterocycles. The zero-order valence-electron chi connectivity index (χ0n) is 58.6. The number of nitrogens with one attached hydrogen (secondary N) is 6. The van der Waals surface area contributed by atoms with Gasteiger partial charge in [0, 0.05) is 63.3 Å². The molecule has 0 aliphatic carbocycles. The van der Waals surface area contributed by atoms with Gasteiger partial charge in [-0.15, -0.1) is 0 Å². The Balaban J connectivity index is 1.63. The van der Waals surface area contributed by atoms with Crippen molar-refractivity contribution in [2.45, 2.75) is 37.8 Å². The largest absolute Gasteiger partial charge is 0.394 e. The van der Waals surface area contributed by atoms with E-state index in [9.17, 15) is 47.9 Å². The molecule has 0 saturated carbocycles. The predicted octanol–water partition coefficient (Wildman–Crippen LogP) is -5.89. The number of ether oxygens (including phenoxy) is 18. The summed E-state index contributed by atoms with van der Waals surface area (Å²) in [6.07, 6.45) is 3.67. The van der Waals surface area contributed by atoms with Crippen LogP contribution in [0.3, 0.4) is 0 Å². The van der Waals surface area contributed by atoms with Crippen molar-refractivity contribution in [2.75, 3.05) is 290 Å². The minimum Gasteiger partial charge on any atom is -0.394 e. The summed E-state index contributed by atoms with van der Waals surface area (Å²) in [6, 6.07) is -3.91. The van der Waals surface area contributed by atoms with Crippen LogP contribution >= 0.6 is 0 Å². The van der Waals surface area contributed by atoms with Gasteiger partial charge in [-0.25, -0.2) is 0 Å². The number of imide groups is 2. The molecule has 0 spiro atoms. The zero-order chi connectivity index (χ0) is 73.8. The Kier molecular flexibility index (Phi) is 60.1. The third kappa shape index (κ3) is 52.7. The number of amides is 10. The number of aliphatic hydroxyl groups is 2. The van der Waals surface area contributed by atoms with Crippen LogP contribution in [0.1, 0.15) is 25.7 Å². The highest BCUT2D eigenvalue weighted by Crippen LogP contribution is 2.07. The normalized spacial score (nSPS) is 13.4. The maximum atomic E-state index is 14.0. The number of carbonyl (C=O) groups excluding carboxylic acids is 10. The number of rotatable bonds is 75. The van der Waals surface area contributed by atoms with Gasteiger partial charge < -0.3 is 127 Å². The van der Waals surface area contributed by atoms with Crippen LogP contribution in [0.4, 0.5) is 0 Å². The lowest BCUT2D eigenvalue weighted by atomic mass is 10.1. The number of aliphatic hydroxyl groups excluding tert-OH is 2. The molecule has 38 heteroatoms. The van der Waals surface area contributed by atoms with Crippen LogP contribution in [0.15, 0.2) is 24.3 Å². The molecule has 0 aromatic rings. The van der Waals surface area contributed by atoms with Gasteiger partial charge in [0.15, 0.2) is 0 Å². The second-order valence-electron chi connectivity index (χ2n) is 21.2. The molecule has 2 aliphatic heterocycles. The van der Waals surface area contributed by atoms with Gasteiger partial charge in [0.2, 0.25) is 35.4 Å². The Hall–Kier alpha value is -6.22. The molecule has 2 aliphatic rings. The maximum Gasteiger partial charge on any atom is 0.254 e. The lowest BCUT2D eigenvalue weighted by Crippen LogP contribution is -2.65. The Morgan fingerprint density at radius 2 is 0.471 bits per heavy atom. The molecule has 0 aromatic carbocycles. The van der Waals surface area contributed by atoms with Crippen molar-refractivity contribution in [1.29, 1.82) is 0 Å². The van der Waals surface area contributed by atoms with E-state index in [1.807, 2.05) is 0 Å². The van der Waals surface area contributed by atoms with Crippen molar-refractivity contribution in [1.82, 2.24) is 41.7 Å². The molecule has 2 unspecified atom stereocenters. The first-order valence-electron chi connectivity index (χ1n) is 34.2. The van der Waals surface area contributed by atoms with E-state index in [2.05, 4.69) is 31.9 Å². The summed E-state index contributed by atoms with van der Waals surface area (Å²) < 4.78 is 97.5. The van der Waals surface area contributed by atoms with E-state index >= 15 is 0 Å². The fraction of sp³-hybridized carbons (Fsp3) is 0.781. The van der Waals surface area contributed by atoms with Gasteiger partial charge in [-0.3, -0.25) is 57.7 Å². The summed E-state index contributed by atoms with van der Waals surface area (Å²) in [5, 5.41) is 32.3. The summed E-state index contributed by atoms with van der Waals surface area (Å²) in [5.41, 5.74) is 0. The van der Waals surface area contributed by atoms with Crippen molar-refractivity contribution in [3.05, 3.63) is 24.3 Å². The van der Waals surface area contributed by atoms with Crippen molar-refractivity contribution in [3.8, 4) is 0 Å². The average molecular weight is 1470 g/mol. The van der Waals surface area contributed by atoms with Crippen molar-refractivity contribution >= 4 is 59.1 Å². The molecule has 8 N–H and O–H groups in total. The van der Waals surface area contributed by atoms with Gasteiger partial charge in [-0.05, 0) is 12.8 Å². The van der Waals surface area contributed by atoms with E-state index in [-0.39, 0.29) is 105 Å². The molecule has 102 heavy (non-hydrogen) atoms. The first-order chi connectivity index (χ1) is 49.9. The van der Waals surface area contributed by atoms with Crippen molar-refractivity contribution in [2.24, 2.45) is 0 Å². The van der Waals surface area contributed by atoms with Crippen LogP contribution in [0.25, 0.3) is 0 Å². The standard InChI is InChI=1S/C64H110N8O30/c73-13-17-87-21-25-91-29-33-95-37-41-99-45-49-101-47-43-97-39-35-93-31-27-89-23-19-85-15-11-65-53(75)3-1-9-67-63(83)61(69-55(77)51-71-57(79)5-6-58(71)80)62(70-56(78)52-72-59(81)7-8-60(72)82)64(84)68-10-2-4-54(76)66-12-16-86-20-24-90-28-32-94-36-40-98-44-48-102-50-46-100-42-38-96-34-30-92-26-22-88-18-14-74/h5-8,61-62,73-74H,1-4,9-52H2,(H,65,75)(H,66,76)(H,67,83)(H,68,84)(H,69,77)(H,70,78). The molecular formula is C64H110N8O30. The summed E-state index contributed by atoms with van der Waals surface area (Å²) >= 11 is 0. The molecule has 38 nitrogen and oxygen atoms in total. The highest BCUT2D eigenvalue weighted by atomic mass is 16.6. The Morgan fingerprint density at radius 3 is 0.676 bits per heavy atom. The molecular weight excluding hydrogens is 1360 g/mol. The lowest BCUT2D eigenvalue weighted by molar-refractivity contribution is -0.143. The molecule has 0 saturated heterocycles. The molecule has 586 valence electrons. The summed E-state index contributed by atoms with van der Waals surface area (Å²) in [7, 11) is 0. The minimum absolute atomic E-state index is 0.0140. The monoisotopic (exact) mass is 1470 g/mol. The quantitative estimate of drug-likeness (QED) is 0.0208. The molecule has 2 rings (SSSR count). The molecule has 2 heterocycles. The number of hydrogen-bond donors (Lipinski definition) is 8. The highest BCUT2D eigenvalue weighted by Gasteiger charge is 2.38. The highest BCUT2D eigenvalue weighted by molar-refractivity contribution is 6.15. The lowest BCUT2D eigenvalue weighted by Gasteiger charge is -2.28. The predicted molar refractivity (Wildman–Crippen MR) is 355 cm³/mol. The van der Waals surface area contributed by atoms with Crippen molar-refractivity contribution in [3.63, 3.8) is 0 Å². The Morgan fingerprint density at radius 1 is 0.275 bits per heavy atom. The Bertz CT molecular complexity index is 2130. The van der Waals surface area contributed by atoms with Crippen LogP contribution in [-0.4, -0.2) is 381 Å². The first kappa shape index (κ1) is 91.9. The van der Waals surface area contributed by atoms with Gasteiger partial charge in [-0.1, -0.05) is 0 Å². The molecule has 0 radical (unpaired) electrons. The Labute approximate surface area is 594 Å². The topological polar surface area (TPSA) is 456 Å². The maximum absolute atomic E-state index is 14.0. The molecule has 0 fully saturated rings. The third-order valence-electron chi connectivity index (χ3n) is 13.3. The van der Waals surface area contributed by atoms with Crippen LogP contribution in [0, 0.1) is 0 Å². The van der Waals surface area contributed by atoms with Crippen LogP contribution < -0.4 is 31.9 Å². The van der Waals surface area contributed by atoms with Gasteiger partial charge in [0.25, 0.3) is 23.6 Å². The fourth-order valence-electron chi connectivity index (χ4n) is 8.19. The SMILES string of the molecule is O=C(CCCNC(=O)C(NC(=O)CN1C(=O)C=CC1=O)C(NC(=O)CN1C(=O)C=CC1=O)C(=O)NCCCC(=O)NCCOCCOCCOCCOCCOCCOCCOCCOCCOCCO)NCCOCCOCCOCCOCCOCCOCCOCCOCCOCCO. The zero-order valence-corrected chi connectivity index (χ0v) is 58.6. The van der Waals surface area contributed by atoms with Gasteiger partial charge in [0.05, 0.1) is 251 Å².